The molecule has 5 aromatic rings. The zero-order valence-electron chi connectivity index (χ0n) is 20.9. The van der Waals surface area contributed by atoms with E-state index >= 15 is 0 Å². The van der Waals surface area contributed by atoms with Gasteiger partial charge in [-0.05, 0) is 51.1 Å². The predicted octanol–water partition coefficient (Wildman–Crippen LogP) is 4.45. The van der Waals surface area contributed by atoms with Crippen LogP contribution in [0.5, 0.6) is 5.75 Å². The van der Waals surface area contributed by atoms with Crippen LogP contribution in [0.15, 0.2) is 55.0 Å². The van der Waals surface area contributed by atoms with E-state index in [1.54, 1.807) is 10.9 Å². The monoisotopic (exact) mass is 479 g/mol. The molecule has 1 aromatic carbocycles. The second-order valence-electron chi connectivity index (χ2n) is 9.85. The van der Waals surface area contributed by atoms with Crippen LogP contribution in [0.3, 0.4) is 0 Å². The summed E-state index contributed by atoms with van der Waals surface area (Å²) in [5.74, 6) is 0.181. The van der Waals surface area contributed by atoms with Crippen molar-refractivity contribution in [1.82, 2.24) is 30.0 Å². The van der Waals surface area contributed by atoms with Gasteiger partial charge in [0.15, 0.2) is 5.65 Å². The Morgan fingerprint density at radius 3 is 2.56 bits per heavy atom. The fraction of sp³-hybridized carbons (Fsp3) is 0.286. The van der Waals surface area contributed by atoms with E-state index in [1.807, 2.05) is 56.7 Å². The number of rotatable bonds is 3. The number of nitrogens with one attached hydrogen (secondary N) is 1. The normalized spacial score (nSPS) is 18.3. The van der Waals surface area contributed by atoms with Crippen LogP contribution in [0.4, 0.5) is 5.69 Å². The van der Waals surface area contributed by atoms with Gasteiger partial charge in [0, 0.05) is 72.1 Å². The number of hydrogen-bond donors (Lipinski definition) is 2. The van der Waals surface area contributed by atoms with Crippen molar-refractivity contribution in [2.45, 2.75) is 32.9 Å². The second-order valence-corrected chi connectivity index (χ2v) is 9.85. The number of anilines is 1. The van der Waals surface area contributed by atoms with Crippen molar-refractivity contribution >= 4 is 27.6 Å². The zero-order chi connectivity index (χ0) is 25.0. The Bertz CT molecular complexity index is 1580. The fourth-order valence-corrected chi connectivity index (χ4v) is 5.31. The van der Waals surface area contributed by atoms with Gasteiger partial charge in [0.25, 0.3) is 0 Å². The van der Waals surface area contributed by atoms with Gasteiger partial charge in [-0.15, -0.1) is 0 Å². The number of phenols is 1. The number of piperazine rings is 1. The van der Waals surface area contributed by atoms with Crippen LogP contribution >= 0.6 is 0 Å². The molecule has 6 rings (SSSR count). The van der Waals surface area contributed by atoms with Gasteiger partial charge in [0.2, 0.25) is 0 Å². The Morgan fingerprint density at radius 1 is 1.00 bits per heavy atom. The summed E-state index contributed by atoms with van der Waals surface area (Å²) < 4.78 is 1.76. The molecular weight excluding hydrogens is 450 g/mol. The maximum atomic E-state index is 11.1. The maximum absolute atomic E-state index is 11.1. The van der Waals surface area contributed by atoms with Crippen LogP contribution in [0, 0.1) is 6.92 Å². The summed E-state index contributed by atoms with van der Waals surface area (Å²) in [6, 6.07) is 12.8. The lowest BCUT2D eigenvalue weighted by Gasteiger charge is -2.37. The minimum absolute atomic E-state index is 0.181. The number of hydrogen-bond acceptors (Lipinski definition) is 7. The van der Waals surface area contributed by atoms with E-state index in [4.69, 9.17) is 9.97 Å². The average molecular weight is 480 g/mol. The van der Waals surface area contributed by atoms with E-state index in [2.05, 4.69) is 40.2 Å². The molecule has 2 atom stereocenters. The molecule has 4 aromatic heterocycles. The van der Waals surface area contributed by atoms with Crippen LogP contribution in [-0.4, -0.2) is 55.0 Å². The Balaban J connectivity index is 1.56. The average Bonchev–Trinajstić information content (AvgIpc) is 3.25. The lowest BCUT2D eigenvalue weighted by molar-refractivity contribution is 0.407. The molecule has 5 heterocycles. The van der Waals surface area contributed by atoms with Gasteiger partial charge in [0.1, 0.15) is 5.75 Å². The third-order valence-corrected chi connectivity index (χ3v) is 6.91. The quantitative estimate of drug-likeness (QED) is 0.395. The van der Waals surface area contributed by atoms with E-state index in [-0.39, 0.29) is 5.75 Å². The minimum atomic E-state index is 0.181. The van der Waals surface area contributed by atoms with Crippen LogP contribution in [0.1, 0.15) is 19.4 Å². The molecule has 0 bridgehead atoms. The Labute approximate surface area is 209 Å². The molecule has 182 valence electrons. The van der Waals surface area contributed by atoms with E-state index in [9.17, 15) is 5.11 Å². The van der Waals surface area contributed by atoms with Crippen molar-refractivity contribution in [2.75, 3.05) is 18.0 Å². The molecule has 36 heavy (non-hydrogen) atoms. The van der Waals surface area contributed by atoms with Gasteiger partial charge in [0.05, 0.1) is 28.8 Å². The summed E-state index contributed by atoms with van der Waals surface area (Å²) in [6.07, 6.45) is 5.65. The first-order valence-corrected chi connectivity index (χ1v) is 12.3. The van der Waals surface area contributed by atoms with Crippen LogP contribution in [-0.2, 0) is 7.05 Å². The highest BCUT2D eigenvalue weighted by Gasteiger charge is 2.23. The molecular formula is C28H29N7O. The lowest BCUT2D eigenvalue weighted by atomic mass is 9.99. The second kappa shape index (κ2) is 8.57. The van der Waals surface area contributed by atoms with Crippen LogP contribution < -0.4 is 10.2 Å². The van der Waals surface area contributed by atoms with Crippen molar-refractivity contribution in [3.8, 4) is 28.3 Å². The smallest absolute Gasteiger partial charge is 0.160 e. The van der Waals surface area contributed by atoms with Gasteiger partial charge in [-0.2, -0.15) is 5.10 Å². The summed E-state index contributed by atoms with van der Waals surface area (Å²) in [5.41, 5.74) is 6.29. The molecule has 0 aliphatic carbocycles. The van der Waals surface area contributed by atoms with Crippen molar-refractivity contribution in [1.29, 1.82) is 0 Å². The summed E-state index contributed by atoms with van der Waals surface area (Å²) >= 11 is 0. The molecule has 0 radical (unpaired) electrons. The highest BCUT2D eigenvalue weighted by atomic mass is 16.3. The summed E-state index contributed by atoms with van der Waals surface area (Å²) in [5, 5.41) is 21.1. The summed E-state index contributed by atoms with van der Waals surface area (Å²) in [6.45, 7) is 8.13. The first-order valence-electron chi connectivity index (χ1n) is 12.3. The molecule has 2 N–H and O–H groups in total. The SMILES string of the molecule is Cc1c(O)c(-c2cc(-c3ccccn3)c3cc(N4CC(C)NC(C)C4)cnc3n2)cc2cn(C)nc12. The molecule has 8 heteroatoms. The van der Waals surface area contributed by atoms with Crippen molar-refractivity contribution < 1.29 is 5.11 Å². The molecule has 1 fully saturated rings. The van der Waals surface area contributed by atoms with Gasteiger partial charge < -0.3 is 15.3 Å². The Hall–Kier alpha value is -4.04. The fourth-order valence-electron chi connectivity index (χ4n) is 5.31. The Morgan fingerprint density at radius 2 is 1.81 bits per heavy atom. The summed E-state index contributed by atoms with van der Waals surface area (Å²) in [4.78, 5) is 16.7. The topological polar surface area (TPSA) is 92.0 Å². The first-order chi connectivity index (χ1) is 17.4. The lowest BCUT2D eigenvalue weighted by Crippen LogP contribution is -2.54. The Kier molecular flexibility index (Phi) is 5.34. The highest BCUT2D eigenvalue weighted by Crippen LogP contribution is 2.39. The van der Waals surface area contributed by atoms with Gasteiger partial charge >= 0.3 is 0 Å². The molecule has 1 aliphatic heterocycles. The number of phenolic OH excluding ortho intramolecular Hbond substituents is 1. The zero-order valence-corrected chi connectivity index (χ0v) is 20.9. The third kappa shape index (κ3) is 3.83. The van der Waals surface area contributed by atoms with E-state index < -0.39 is 0 Å². The number of aromatic nitrogens is 5. The molecule has 0 saturated carbocycles. The van der Waals surface area contributed by atoms with E-state index in [1.165, 1.54) is 0 Å². The first kappa shape index (κ1) is 22.4. The van der Waals surface area contributed by atoms with Crippen molar-refractivity contribution in [2.24, 2.45) is 7.05 Å². The van der Waals surface area contributed by atoms with Crippen molar-refractivity contribution in [3.63, 3.8) is 0 Å². The standard InChI is InChI=1S/C28H29N7O/c1-16-13-35(14-17(2)31-16)20-10-22-21(24-7-5-6-8-29-24)11-25(32-28(22)30-12-20)23-9-19-15-34(4)33-26(19)18(3)27(23)36/h5-12,15-17,31,36H,13-14H2,1-4H3. The number of nitrogens with zero attached hydrogens (tertiary/aromatic N) is 6. The van der Waals surface area contributed by atoms with E-state index in [0.29, 0.717) is 29.0 Å². The van der Waals surface area contributed by atoms with E-state index in [0.717, 1.165) is 51.9 Å². The van der Waals surface area contributed by atoms with Crippen LogP contribution in [0.25, 0.3) is 44.5 Å². The molecule has 0 spiro atoms. The van der Waals surface area contributed by atoms with Crippen molar-refractivity contribution in [3.05, 3.63) is 60.6 Å². The van der Waals surface area contributed by atoms with Gasteiger partial charge in [-0.3, -0.25) is 9.67 Å². The molecule has 2 unspecified atom stereocenters. The highest BCUT2D eigenvalue weighted by molar-refractivity contribution is 5.97. The number of fused-ring (bicyclic) bond motifs is 2. The number of pyridine rings is 3. The van der Waals surface area contributed by atoms with Crippen LogP contribution in [0.2, 0.25) is 0 Å². The molecule has 1 saturated heterocycles. The van der Waals surface area contributed by atoms with Gasteiger partial charge in [-0.1, -0.05) is 6.07 Å². The predicted molar refractivity (Wildman–Crippen MR) is 143 cm³/mol. The number of aryl methyl sites for hydroxylation is 2. The third-order valence-electron chi connectivity index (χ3n) is 6.91. The largest absolute Gasteiger partial charge is 0.507 e. The summed E-state index contributed by atoms with van der Waals surface area (Å²) in [7, 11) is 1.88. The molecule has 0 amide bonds. The number of aromatic hydroxyl groups is 1. The van der Waals surface area contributed by atoms with Gasteiger partial charge in [-0.25, -0.2) is 9.97 Å². The number of benzene rings is 1. The minimum Gasteiger partial charge on any atom is -0.507 e. The maximum Gasteiger partial charge on any atom is 0.160 e. The molecule has 1 aliphatic rings. The molecule has 8 nitrogen and oxygen atoms in total.